The molecule has 2 aromatic rings. The minimum atomic E-state index is 0.700. The van der Waals surface area contributed by atoms with Crippen LogP contribution in [0.3, 0.4) is 0 Å². The van der Waals surface area contributed by atoms with E-state index in [-0.39, 0.29) is 0 Å². The summed E-state index contributed by atoms with van der Waals surface area (Å²) in [7, 11) is 0. The van der Waals surface area contributed by atoms with Gasteiger partial charge < -0.3 is 10.2 Å². The molecule has 1 heterocycles. The second kappa shape index (κ2) is 8.01. The van der Waals surface area contributed by atoms with Crippen LogP contribution in [0.5, 0.6) is 0 Å². The van der Waals surface area contributed by atoms with Crippen LogP contribution in [0, 0.1) is 0 Å². The third-order valence-corrected chi connectivity index (χ3v) is 3.71. The van der Waals surface area contributed by atoms with Gasteiger partial charge in [-0.05, 0) is 31.2 Å². The number of hydrogen-bond acceptors (Lipinski definition) is 3. The van der Waals surface area contributed by atoms with Gasteiger partial charge in [0.15, 0.2) is 0 Å². The van der Waals surface area contributed by atoms with Crippen LogP contribution in [-0.4, -0.2) is 18.1 Å². The van der Waals surface area contributed by atoms with Gasteiger partial charge in [-0.1, -0.05) is 48.9 Å². The van der Waals surface area contributed by atoms with Gasteiger partial charge in [0.25, 0.3) is 0 Å². The number of benzene rings is 1. The molecular formula is C17H22ClN3. The van der Waals surface area contributed by atoms with Crippen molar-refractivity contribution in [3.8, 4) is 0 Å². The second-order valence-electron chi connectivity index (χ2n) is 4.88. The van der Waals surface area contributed by atoms with Gasteiger partial charge in [0.2, 0.25) is 0 Å². The van der Waals surface area contributed by atoms with Crippen LogP contribution >= 0.6 is 11.6 Å². The monoisotopic (exact) mass is 303 g/mol. The fourth-order valence-corrected chi connectivity index (χ4v) is 2.35. The van der Waals surface area contributed by atoms with Crippen molar-refractivity contribution in [3.63, 3.8) is 0 Å². The van der Waals surface area contributed by atoms with Crippen molar-refractivity contribution in [2.75, 3.05) is 18.0 Å². The highest BCUT2D eigenvalue weighted by atomic mass is 35.5. The fourth-order valence-electron chi connectivity index (χ4n) is 2.17. The van der Waals surface area contributed by atoms with E-state index in [2.05, 4.69) is 48.3 Å². The number of hydrogen-bond donors (Lipinski definition) is 1. The SMILES string of the molecule is CCNCc1nc(N(CC)Cc2ccccc2)ccc1Cl. The van der Waals surface area contributed by atoms with Gasteiger partial charge in [-0.25, -0.2) is 4.98 Å². The first-order valence-corrected chi connectivity index (χ1v) is 7.77. The molecule has 112 valence electrons. The van der Waals surface area contributed by atoms with Crippen molar-refractivity contribution in [2.45, 2.75) is 26.9 Å². The molecule has 1 aromatic heterocycles. The van der Waals surface area contributed by atoms with Crippen molar-refractivity contribution in [2.24, 2.45) is 0 Å². The summed E-state index contributed by atoms with van der Waals surface area (Å²) in [6.45, 7) is 7.58. The van der Waals surface area contributed by atoms with Crippen LogP contribution in [0.4, 0.5) is 5.82 Å². The van der Waals surface area contributed by atoms with Crippen LogP contribution in [0.15, 0.2) is 42.5 Å². The van der Waals surface area contributed by atoms with E-state index in [1.807, 2.05) is 18.2 Å². The molecule has 0 saturated carbocycles. The lowest BCUT2D eigenvalue weighted by Crippen LogP contribution is -2.24. The normalized spacial score (nSPS) is 10.6. The Bertz CT molecular complexity index is 557. The minimum absolute atomic E-state index is 0.700. The zero-order valence-corrected chi connectivity index (χ0v) is 13.4. The van der Waals surface area contributed by atoms with Gasteiger partial charge in [0.1, 0.15) is 5.82 Å². The van der Waals surface area contributed by atoms with Crippen LogP contribution in [0.2, 0.25) is 5.02 Å². The zero-order valence-electron chi connectivity index (χ0n) is 12.6. The number of aromatic nitrogens is 1. The highest BCUT2D eigenvalue weighted by Crippen LogP contribution is 2.20. The van der Waals surface area contributed by atoms with E-state index in [0.29, 0.717) is 6.54 Å². The highest BCUT2D eigenvalue weighted by Gasteiger charge is 2.10. The summed E-state index contributed by atoms with van der Waals surface area (Å²) in [6.07, 6.45) is 0. The first kappa shape index (κ1) is 15.8. The number of rotatable bonds is 7. The Morgan fingerprint density at radius 3 is 2.52 bits per heavy atom. The van der Waals surface area contributed by atoms with Crippen molar-refractivity contribution < 1.29 is 0 Å². The van der Waals surface area contributed by atoms with Crippen molar-refractivity contribution >= 4 is 17.4 Å². The molecule has 2 rings (SSSR count). The van der Waals surface area contributed by atoms with E-state index in [0.717, 1.165) is 36.2 Å². The molecule has 0 aliphatic heterocycles. The lowest BCUT2D eigenvalue weighted by molar-refractivity contribution is 0.706. The van der Waals surface area contributed by atoms with Crippen LogP contribution in [0.25, 0.3) is 0 Å². The average molecular weight is 304 g/mol. The average Bonchev–Trinajstić information content (AvgIpc) is 2.53. The molecule has 0 aliphatic rings. The third kappa shape index (κ3) is 4.45. The molecule has 0 fully saturated rings. The summed E-state index contributed by atoms with van der Waals surface area (Å²) in [5, 5.41) is 3.99. The molecule has 0 saturated heterocycles. The summed E-state index contributed by atoms with van der Waals surface area (Å²) in [6, 6.07) is 14.4. The van der Waals surface area contributed by atoms with Crippen LogP contribution in [0.1, 0.15) is 25.1 Å². The summed E-state index contributed by atoms with van der Waals surface area (Å²) >= 11 is 6.22. The predicted octanol–water partition coefficient (Wildman–Crippen LogP) is 3.87. The van der Waals surface area contributed by atoms with Gasteiger partial charge >= 0.3 is 0 Å². The lowest BCUT2D eigenvalue weighted by Gasteiger charge is -2.23. The molecular weight excluding hydrogens is 282 g/mol. The number of halogens is 1. The maximum Gasteiger partial charge on any atom is 0.129 e. The quantitative estimate of drug-likeness (QED) is 0.841. The topological polar surface area (TPSA) is 28.2 Å². The van der Waals surface area contributed by atoms with E-state index >= 15 is 0 Å². The van der Waals surface area contributed by atoms with Crippen molar-refractivity contribution in [3.05, 3.63) is 58.7 Å². The van der Waals surface area contributed by atoms with Gasteiger partial charge in [-0.2, -0.15) is 0 Å². The van der Waals surface area contributed by atoms with E-state index in [9.17, 15) is 0 Å². The molecule has 0 aliphatic carbocycles. The van der Waals surface area contributed by atoms with Gasteiger partial charge in [0.05, 0.1) is 10.7 Å². The number of nitrogens with zero attached hydrogens (tertiary/aromatic N) is 2. The first-order chi connectivity index (χ1) is 10.2. The number of anilines is 1. The molecule has 1 N–H and O–H groups in total. The maximum atomic E-state index is 6.22. The lowest BCUT2D eigenvalue weighted by atomic mass is 10.2. The number of nitrogens with one attached hydrogen (secondary N) is 1. The molecule has 0 unspecified atom stereocenters. The molecule has 0 radical (unpaired) electrons. The molecule has 0 spiro atoms. The minimum Gasteiger partial charge on any atom is -0.353 e. The Balaban J connectivity index is 2.17. The van der Waals surface area contributed by atoms with Gasteiger partial charge in [-0.15, -0.1) is 0 Å². The van der Waals surface area contributed by atoms with Crippen LogP contribution in [-0.2, 0) is 13.1 Å². The molecule has 3 nitrogen and oxygen atoms in total. The number of pyridine rings is 1. The van der Waals surface area contributed by atoms with E-state index in [1.165, 1.54) is 5.56 Å². The van der Waals surface area contributed by atoms with Gasteiger partial charge in [-0.3, -0.25) is 0 Å². The highest BCUT2D eigenvalue weighted by molar-refractivity contribution is 6.31. The summed E-state index contributed by atoms with van der Waals surface area (Å²) in [5.41, 5.74) is 2.19. The summed E-state index contributed by atoms with van der Waals surface area (Å²) in [5.74, 6) is 0.971. The molecule has 4 heteroatoms. The molecule has 21 heavy (non-hydrogen) atoms. The second-order valence-corrected chi connectivity index (χ2v) is 5.29. The van der Waals surface area contributed by atoms with Crippen molar-refractivity contribution in [1.82, 2.24) is 10.3 Å². The Morgan fingerprint density at radius 1 is 1.10 bits per heavy atom. The van der Waals surface area contributed by atoms with Crippen LogP contribution < -0.4 is 10.2 Å². The smallest absolute Gasteiger partial charge is 0.129 e. The molecule has 0 amide bonds. The van der Waals surface area contributed by atoms with E-state index in [1.54, 1.807) is 0 Å². The Kier molecular flexibility index (Phi) is 6.03. The molecule has 0 atom stereocenters. The summed E-state index contributed by atoms with van der Waals surface area (Å²) in [4.78, 5) is 6.96. The summed E-state index contributed by atoms with van der Waals surface area (Å²) < 4.78 is 0. The Hall–Kier alpha value is -1.58. The Morgan fingerprint density at radius 2 is 1.86 bits per heavy atom. The molecule has 1 aromatic carbocycles. The zero-order chi connectivity index (χ0) is 15.1. The third-order valence-electron chi connectivity index (χ3n) is 3.37. The first-order valence-electron chi connectivity index (χ1n) is 7.39. The van der Waals surface area contributed by atoms with Gasteiger partial charge in [0, 0.05) is 19.6 Å². The molecule has 0 bridgehead atoms. The van der Waals surface area contributed by atoms with E-state index in [4.69, 9.17) is 16.6 Å². The standard InChI is InChI=1S/C17H22ClN3/c1-3-19-12-16-15(18)10-11-17(20-16)21(4-2)13-14-8-6-5-7-9-14/h5-11,19H,3-4,12-13H2,1-2H3. The van der Waals surface area contributed by atoms with E-state index < -0.39 is 0 Å². The maximum absolute atomic E-state index is 6.22. The Labute approximate surface area is 132 Å². The fraction of sp³-hybridized carbons (Fsp3) is 0.353. The predicted molar refractivity (Wildman–Crippen MR) is 89.8 cm³/mol. The van der Waals surface area contributed by atoms with Crippen molar-refractivity contribution in [1.29, 1.82) is 0 Å². The largest absolute Gasteiger partial charge is 0.353 e.